The van der Waals surface area contributed by atoms with Crippen LogP contribution in [0.2, 0.25) is 0 Å². The molecule has 0 aliphatic heterocycles. The van der Waals surface area contributed by atoms with Crippen LogP contribution in [0, 0.1) is 13.8 Å². The molecule has 2 aromatic heterocycles. The van der Waals surface area contributed by atoms with Crippen molar-refractivity contribution in [2.75, 3.05) is 0 Å². The summed E-state index contributed by atoms with van der Waals surface area (Å²) in [7, 11) is 0. The topological polar surface area (TPSA) is 38.9 Å². The molecule has 0 unspecified atom stereocenters. The second-order valence-corrected chi connectivity index (χ2v) is 3.77. The first kappa shape index (κ1) is 8.41. The number of benzene rings is 1. The summed E-state index contributed by atoms with van der Waals surface area (Å²) in [5.74, 6) is 0. The second-order valence-electron chi connectivity index (χ2n) is 3.77. The fourth-order valence-electron chi connectivity index (χ4n) is 1.74. The van der Waals surface area contributed by atoms with E-state index in [0.717, 1.165) is 22.2 Å². The van der Waals surface area contributed by atoms with Gasteiger partial charge in [-0.3, -0.25) is 0 Å². The molecule has 0 bridgehead atoms. The highest BCUT2D eigenvalue weighted by molar-refractivity contribution is 6.01. The molecule has 3 aromatic rings. The molecule has 1 aromatic carbocycles. The van der Waals surface area contributed by atoms with Gasteiger partial charge in [-0.2, -0.15) is 0 Å². The van der Waals surface area contributed by atoms with Gasteiger partial charge in [-0.25, -0.2) is 9.97 Å². The van der Waals surface area contributed by atoms with E-state index in [0.29, 0.717) is 5.71 Å². The molecule has 2 heterocycles. The lowest BCUT2D eigenvalue weighted by Gasteiger charge is -1.91. The van der Waals surface area contributed by atoms with Crippen LogP contribution in [0.3, 0.4) is 0 Å². The number of rotatable bonds is 0. The van der Waals surface area contributed by atoms with Crippen LogP contribution in [-0.2, 0) is 0 Å². The van der Waals surface area contributed by atoms with Crippen molar-refractivity contribution in [1.82, 2.24) is 9.97 Å². The minimum absolute atomic E-state index is 0.612. The van der Waals surface area contributed by atoms with Crippen molar-refractivity contribution in [2.24, 2.45) is 0 Å². The maximum absolute atomic E-state index is 5.59. The number of furan rings is 1. The van der Waals surface area contributed by atoms with E-state index < -0.39 is 0 Å². The lowest BCUT2D eigenvalue weighted by atomic mass is 10.2. The van der Waals surface area contributed by atoms with E-state index >= 15 is 0 Å². The third-order valence-electron chi connectivity index (χ3n) is 2.46. The van der Waals surface area contributed by atoms with Crippen molar-refractivity contribution in [3.8, 4) is 0 Å². The van der Waals surface area contributed by atoms with Gasteiger partial charge in [0, 0.05) is 5.39 Å². The van der Waals surface area contributed by atoms with Gasteiger partial charge in [-0.05, 0) is 26.0 Å². The third-order valence-corrected chi connectivity index (χ3v) is 2.46. The number of hydrogen-bond donors (Lipinski definition) is 0. The second kappa shape index (κ2) is 2.79. The molecule has 0 atom stereocenters. The van der Waals surface area contributed by atoms with Crippen molar-refractivity contribution in [1.29, 1.82) is 0 Å². The summed E-state index contributed by atoms with van der Waals surface area (Å²) < 4.78 is 5.59. The number of fused-ring (bicyclic) bond motifs is 3. The van der Waals surface area contributed by atoms with E-state index in [1.807, 2.05) is 19.1 Å². The molecule has 0 saturated heterocycles. The van der Waals surface area contributed by atoms with Crippen molar-refractivity contribution in [3.05, 3.63) is 35.7 Å². The molecule has 15 heavy (non-hydrogen) atoms. The summed E-state index contributed by atoms with van der Waals surface area (Å²) in [5.41, 5.74) is 4.43. The normalized spacial score (nSPS) is 11.3. The Bertz CT molecular complexity index is 599. The molecule has 3 heteroatoms. The Hall–Kier alpha value is -1.90. The zero-order chi connectivity index (χ0) is 10.4. The number of aromatic nitrogens is 2. The zero-order valence-corrected chi connectivity index (χ0v) is 8.61. The van der Waals surface area contributed by atoms with Gasteiger partial charge in [0.1, 0.15) is 11.1 Å². The Labute approximate surface area is 86.8 Å². The molecule has 3 nitrogen and oxygen atoms in total. The predicted molar refractivity (Wildman–Crippen MR) is 58.8 cm³/mol. The minimum atomic E-state index is 0.612. The summed E-state index contributed by atoms with van der Waals surface area (Å²) in [6, 6.07) is 6.07. The van der Waals surface area contributed by atoms with E-state index in [9.17, 15) is 0 Å². The van der Waals surface area contributed by atoms with Gasteiger partial charge in [-0.15, -0.1) is 0 Å². The van der Waals surface area contributed by atoms with Gasteiger partial charge < -0.3 is 4.42 Å². The van der Waals surface area contributed by atoms with Crippen LogP contribution in [0.4, 0.5) is 0 Å². The molecule has 0 aliphatic carbocycles. The highest BCUT2D eigenvalue weighted by Crippen LogP contribution is 2.26. The van der Waals surface area contributed by atoms with Crippen molar-refractivity contribution in [3.63, 3.8) is 0 Å². The monoisotopic (exact) mass is 198 g/mol. The Kier molecular flexibility index (Phi) is 1.57. The van der Waals surface area contributed by atoms with Crippen molar-refractivity contribution in [2.45, 2.75) is 13.8 Å². The molecule has 0 fully saturated rings. The van der Waals surface area contributed by atoms with E-state index in [1.165, 1.54) is 5.56 Å². The van der Waals surface area contributed by atoms with Crippen LogP contribution in [0.25, 0.3) is 22.2 Å². The van der Waals surface area contributed by atoms with Crippen LogP contribution in [0.15, 0.2) is 28.8 Å². The SMILES string of the molecule is Cc1ccc2oc3ncc(C)nc3c2c1. The van der Waals surface area contributed by atoms with E-state index in [-0.39, 0.29) is 0 Å². The lowest BCUT2D eigenvalue weighted by molar-refractivity contribution is 0.652. The molecule has 0 amide bonds. The largest absolute Gasteiger partial charge is 0.436 e. The first-order chi connectivity index (χ1) is 7.24. The maximum Gasteiger partial charge on any atom is 0.246 e. The van der Waals surface area contributed by atoms with Crippen LogP contribution in [0.1, 0.15) is 11.3 Å². The number of aryl methyl sites for hydroxylation is 2. The molecular formula is C12H10N2O. The number of nitrogens with zero attached hydrogens (tertiary/aromatic N) is 2. The minimum Gasteiger partial charge on any atom is -0.436 e. The Balaban J connectivity index is 2.55. The van der Waals surface area contributed by atoms with Gasteiger partial charge in [0.25, 0.3) is 0 Å². The molecule has 3 rings (SSSR count). The van der Waals surface area contributed by atoms with Crippen LogP contribution >= 0.6 is 0 Å². The molecular weight excluding hydrogens is 188 g/mol. The first-order valence-electron chi connectivity index (χ1n) is 4.86. The fraction of sp³-hybridized carbons (Fsp3) is 0.167. The highest BCUT2D eigenvalue weighted by Gasteiger charge is 2.08. The fourth-order valence-corrected chi connectivity index (χ4v) is 1.74. The highest BCUT2D eigenvalue weighted by atomic mass is 16.3. The third kappa shape index (κ3) is 1.20. The predicted octanol–water partition coefficient (Wildman–Crippen LogP) is 2.99. The van der Waals surface area contributed by atoms with Gasteiger partial charge in [0.05, 0.1) is 11.9 Å². The lowest BCUT2D eigenvalue weighted by Crippen LogP contribution is -1.83. The van der Waals surface area contributed by atoms with Gasteiger partial charge >= 0.3 is 0 Å². The van der Waals surface area contributed by atoms with E-state index in [2.05, 4.69) is 23.0 Å². The first-order valence-corrected chi connectivity index (χ1v) is 4.86. The summed E-state index contributed by atoms with van der Waals surface area (Å²) in [6.07, 6.45) is 1.72. The van der Waals surface area contributed by atoms with Gasteiger partial charge in [-0.1, -0.05) is 11.6 Å². The summed E-state index contributed by atoms with van der Waals surface area (Å²) >= 11 is 0. The molecule has 0 spiro atoms. The molecule has 74 valence electrons. The van der Waals surface area contributed by atoms with Crippen molar-refractivity contribution < 1.29 is 4.42 Å². The van der Waals surface area contributed by atoms with Gasteiger partial charge in [0.15, 0.2) is 0 Å². The smallest absolute Gasteiger partial charge is 0.246 e. The summed E-state index contributed by atoms with van der Waals surface area (Å²) in [5, 5.41) is 1.04. The summed E-state index contributed by atoms with van der Waals surface area (Å²) in [6.45, 7) is 3.99. The Morgan fingerprint density at radius 3 is 2.93 bits per heavy atom. The molecule has 0 N–H and O–H groups in total. The zero-order valence-electron chi connectivity index (χ0n) is 8.61. The molecule has 0 radical (unpaired) electrons. The van der Waals surface area contributed by atoms with E-state index in [1.54, 1.807) is 6.20 Å². The quantitative estimate of drug-likeness (QED) is 0.557. The summed E-state index contributed by atoms with van der Waals surface area (Å²) in [4.78, 5) is 8.67. The van der Waals surface area contributed by atoms with Crippen LogP contribution < -0.4 is 0 Å². The van der Waals surface area contributed by atoms with Gasteiger partial charge in [0.2, 0.25) is 5.71 Å². The average molecular weight is 198 g/mol. The molecule has 0 saturated carbocycles. The Morgan fingerprint density at radius 2 is 2.07 bits per heavy atom. The Morgan fingerprint density at radius 1 is 1.20 bits per heavy atom. The average Bonchev–Trinajstić information content (AvgIpc) is 2.56. The van der Waals surface area contributed by atoms with Crippen LogP contribution in [0.5, 0.6) is 0 Å². The van der Waals surface area contributed by atoms with Crippen LogP contribution in [-0.4, -0.2) is 9.97 Å². The number of hydrogen-bond acceptors (Lipinski definition) is 3. The maximum atomic E-state index is 5.59. The van der Waals surface area contributed by atoms with Crippen molar-refractivity contribution >= 4 is 22.2 Å². The standard InChI is InChI=1S/C12H10N2O/c1-7-3-4-10-9(5-7)11-12(15-10)13-6-8(2)14-11/h3-6H,1-2H3. The van der Waals surface area contributed by atoms with E-state index in [4.69, 9.17) is 4.42 Å². The molecule has 0 aliphatic rings.